The maximum Gasteiger partial charge on any atom is 0.270 e. The van der Waals surface area contributed by atoms with Crippen molar-refractivity contribution < 1.29 is 24.0 Å². The number of halogens is 1. The molecule has 1 saturated heterocycles. The van der Waals surface area contributed by atoms with Crippen LogP contribution in [0.1, 0.15) is 69.7 Å². The van der Waals surface area contributed by atoms with Crippen LogP contribution < -0.4 is 21.3 Å². The van der Waals surface area contributed by atoms with Gasteiger partial charge in [-0.1, -0.05) is 30.5 Å². The summed E-state index contributed by atoms with van der Waals surface area (Å²) < 4.78 is 0. The van der Waals surface area contributed by atoms with E-state index >= 15 is 0 Å². The van der Waals surface area contributed by atoms with E-state index in [1.165, 1.54) is 11.3 Å². The lowest BCUT2D eigenvalue weighted by atomic mass is 10.0. The number of fused-ring (bicyclic) bond motifs is 1. The van der Waals surface area contributed by atoms with Crippen LogP contribution in [-0.2, 0) is 9.59 Å². The summed E-state index contributed by atoms with van der Waals surface area (Å²) in [6, 6.07) is 11.2. The van der Waals surface area contributed by atoms with Crippen LogP contribution >= 0.6 is 22.9 Å². The molecule has 0 aliphatic carbocycles. The number of amides is 5. The first-order chi connectivity index (χ1) is 20.3. The summed E-state index contributed by atoms with van der Waals surface area (Å²) in [5.41, 5.74) is 2.24. The second-order valence-electron chi connectivity index (χ2n) is 9.94. The minimum atomic E-state index is -0.993. The molecule has 42 heavy (non-hydrogen) atoms. The number of unbranched alkanes of at least 4 members (excludes halogenated alkanes) is 3. The molecule has 2 aliphatic rings. The molecule has 0 spiro atoms. The number of benzene rings is 2. The molecule has 2 aromatic carbocycles. The van der Waals surface area contributed by atoms with Crippen LogP contribution in [0.5, 0.6) is 0 Å². The first-order valence-corrected chi connectivity index (χ1v) is 14.9. The molecular weight excluding hydrogens is 580 g/mol. The molecule has 13 heteroatoms. The van der Waals surface area contributed by atoms with Gasteiger partial charge in [0, 0.05) is 41.3 Å². The zero-order valence-corrected chi connectivity index (χ0v) is 24.1. The van der Waals surface area contributed by atoms with Crippen LogP contribution in [0.25, 0.3) is 0 Å². The lowest BCUT2D eigenvalue weighted by Gasteiger charge is -2.27. The largest absolute Gasteiger partial charge is 0.384 e. The van der Waals surface area contributed by atoms with Gasteiger partial charge in [-0.3, -0.25) is 34.2 Å². The topological polar surface area (TPSA) is 150 Å². The van der Waals surface area contributed by atoms with Crippen LogP contribution in [0.4, 0.5) is 16.5 Å². The molecule has 218 valence electrons. The fourth-order valence-electron chi connectivity index (χ4n) is 4.87. The smallest absolute Gasteiger partial charge is 0.270 e. The van der Waals surface area contributed by atoms with Gasteiger partial charge < -0.3 is 16.0 Å². The van der Waals surface area contributed by atoms with E-state index < -0.39 is 29.7 Å². The molecule has 0 saturated carbocycles. The molecule has 3 aromatic rings. The molecule has 0 radical (unpaired) electrons. The maximum absolute atomic E-state index is 13.2. The normalized spacial score (nSPS) is 16.3. The molecule has 4 N–H and O–H groups in total. The monoisotopic (exact) mass is 608 g/mol. The van der Waals surface area contributed by atoms with E-state index in [1.54, 1.807) is 35.7 Å². The van der Waals surface area contributed by atoms with E-state index in [0.717, 1.165) is 36.3 Å². The number of imide groups is 2. The maximum atomic E-state index is 13.2. The number of carbonyl (C=O) groups is 5. The molecule has 2 aliphatic heterocycles. The third-order valence-electron chi connectivity index (χ3n) is 7.00. The van der Waals surface area contributed by atoms with Gasteiger partial charge in [0.2, 0.25) is 11.8 Å². The van der Waals surface area contributed by atoms with Gasteiger partial charge in [-0.05, 0) is 55.7 Å². The number of aromatic nitrogens is 1. The minimum Gasteiger partial charge on any atom is -0.384 e. The Morgan fingerprint density at radius 1 is 1.00 bits per heavy atom. The quantitative estimate of drug-likeness (QED) is 0.175. The van der Waals surface area contributed by atoms with Crippen LogP contribution in [0.3, 0.4) is 0 Å². The van der Waals surface area contributed by atoms with Gasteiger partial charge in [0.15, 0.2) is 5.13 Å². The number of anilines is 3. The molecule has 1 aromatic heterocycles. The Hall–Kier alpha value is -4.29. The highest BCUT2D eigenvalue weighted by atomic mass is 35.5. The first-order valence-electron chi connectivity index (χ1n) is 13.7. The number of carbonyl (C=O) groups excluding carboxylic acids is 5. The molecule has 1 fully saturated rings. The predicted octanol–water partition coefficient (Wildman–Crippen LogP) is 4.34. The van der Waals surface area contributed by atoms with E-state index in [-0.39, 0.29) is 29.9 Å². The number of hydrogen-bond acceptors (Lipinski definition) is 9. The second-order valence-corrected chi connectivity index (χ2v) is 11.2. The zero-order chi connectivity index (χ0) is 29.6. The summed E-state index contributed by atoms with van der Waals surface area (Å²) in [5.74, 6) is -2.32. The highest BCUT2D eigenvalue weighted by Gasteiger charge is 2.45. The molecular formula is C29H29ClN6O5S. The zero-order valence-electron chi connectivity index (χ0n) is 22.6. The fourth-order valence-corrected chi connectivity index (χ4v) is 5.71. The molecule has 5 rings (SSSR count). The van der Waals surface area contributed by atoms with Crippen LogP contribution in [0, 0.1) is 0 Å². The van der Waals surface area contributed by atoms with Crippen LogP contribution in [0.15, 0.2) is 47.8 Å². The van der Waals surface area contributed by atoms with Crippen molar-refractivity contribution in [2.24, 2.45) is 0 Å². The van der Waals surface area contributed by atoms with Crippen molar-refractivity contribution in [2.75, 3.05) is 23.7 Å². The first kappa shape index (κ1) is 29.2. The minimum absolute atomic E-state index is 0.0764. The van der Waals surface area contributed by atoms with Gasteiger partial charge in [0.05, 0.1) is 11.1 Å². The van der Waals surface area contributed by atoms with E-state index in [0.29, 0.717) is 34.6 Å². The number of hydrogen-bond donors (Lipinski definition) is 4. The average Bonchev–Trinajstić information content (AvgIpc) is 3.54. The van der Waals surface area contributed by atoms with E-state index in [9.17, 15) is 24.0 Å². The standard InChI is InChI=1S/C29H29ClN6O5S/c30-17-8-10-18(11-9-17)33-29-34-21(16-42-29)25(38)32-15-4-2-1-3-14-31-20-7-5-6-19-24(20)28(41)36(27(19)40)22-12-13-23(37)35-26(22)39/h5-11,16,22,31H,1-4,12-15H2,(H,32,38)(H,33,34)(H,35,37,39). The van der Waals surface area contributed by atoms with Crippen molar-refractivity contribution in [1.29, 1.82) is 0 Å². The molecule has 5 amide bonds. The number of piperidine rings is 1. The highest BCUT2D eigenvalue weighted by molar-refractivity contribution is 7.14. The van der Waals surface area contributed by atoms with Gasteiger partial charge in [-0.2, -0.15) is 0 Å². The van der Waals surface area contributed by atoms with Crippen molar-refractivity contribution in [1.82, 2.24) is 20.5 Å². The molecule has 1 unspecified atom stereocenters. The Kier molecular flexibility index (Phi) is 9.13. The number of nitrogens with one attached hydrogen (secondary N) is 4. The van der Waals surface area contributed by atoms with E-state index in [1.807, 2.05) is 12.1 Å². The van der Waals surface area contributed by atoms with Crippen molar-refractivity contribution in [3.63, 3.8) is 0 Å². The summed E-state index contributed by atoms with van der Waals surface area (Å²) in [6.07, 6.45) is 3.62. The van der Waals surface area contributed by atoms with Crippen molar-refractivity contribution in [3.05, 3.63) is 69.7 Å². The van der Waals surface area contributed by atoms with Crippen molar-refractivity contribution in [2.45, 2.75) is 44.6 Å². The van der Waals surface area contributed by atoms with Gasteiger partial charge in [-0.15, -0.1) is 11.3 Å². The summed E-state index contributed by atoms with van der Waals surface area (Å²) in [5, 5.41) is 14.5. The SMILES string of the molecule is O=C1CCC(N2C(=O)c3cccc(NCCCCCCNC(=O)c4csc(Nc5ccc(Cl)cc5)n4)c3C2=O)C(=O)N1. The van der Waals surface area contributed by atoms with Gasteiger partial charge in [-0.25, -0.2) is 4.98 Å². The third kappa shape index (κ3) is 6.60. The van der Waals surface area contributed by atoms with Gasteiger partial charge in [0.1, 0.15) is 11.7 Å². The Morgan fingerprint density at radius 2 is 1.76 bits per heavy atom. The Balaban J connectivity index is 1.02. The van der Waals surface area contributed by atoms with Gasteiger partial charge >= 0.3 is 0 Å². The summed E-state index contributed by atoms with van der Waals surface area (Å²) >= 11 is 7.25. The fraction of sp³-hybridized carbons (Fsp3) is 0.310. The molecule has 1 atom stereocenters. The highest BCUT2D eigenvalue weighted by Crippen LogP contribution is 2.32. The van der Waals surface area contributed by atoms with Crippen LogP contribution in [-0.4, -0.2) is 58.6 Å². The van der Waals surface area contributed by atoms with Gasteiger partial charge in [0.25, 0.3) is 17.7 Å². The van der Waals surface area contributed by atoms with Crippen molar-refractivity contribution >= 4 is 69.0 Å². The lowest BCUT2D eigenvalue weighted by Crippen LogP contribution is -2.54. The molecule has 0 bridgehead atoms. The van der Waals surface area contributed by atoms with E-state index in [4.69, 9.17) is 11.6 Å². The number of rotatable bonds is 12. The lowest BCUT2D eigenvalue weighted by molar-refractivity contribution is -0.136. The number of thiazole rings is 1. The average molecular weight is 609 g/mol. The predicted molar refractivity (Wildman–Crippen MR) is 159 cm³/mol. The summed E-state index contributed by atoms with van der Waals surface area (Å²) in [6.45, 7) is 1.12. The Bertz CT molecular complexity index is 1520. The third-order valence-corrected chi connectivity index (χ3v) is 8.01. The van der Waals surface area contributed by atoms with Crippen molar-refractivity contribution in [3.8, 4) is 0 Å². The Morgan fingerprint density at radius 3 is 2.52 bits per heavy atom. The summed E-state index contributed by atoms with van der Waals surface area (Å²) in [7, 11) is 0. The molecule has 3 heterocycles. The van der Waals surface area contributed by atoms with Crippen LogP contribution in [0.2, 0.25) is 5.02 Å². The summed E-state index contributed by atoms with van der Waals surface area (Å²) in [4.78, 5) is 67.7. The Labute approximate surface area is 251 Å². The second kappa shape index (κ2) is 13.1. The van der Waals surface area contributed by atoms with E-state index in [2.05, 4.69) is 26.3 Å². The number of nitrogens with zero attached hydrogens (tertiary/aromatic N) is 2. The molecule has 11 nitrogen and oxygen atoms in total.